The molecule has 0 aliphatic rings. The van der Waals surface area contributed by atoms with E-state index in [1.165, 1.54) is 11.1 Å². The average molecular weight is 382 g/mol. The van der Waals surface area contributed by atoms with E-state index in [4.69, 9.17) is 16.6 Å². The number of hydrogen-bond acceptors (Lipinski definition) is 2. The largest absolute Gasteiger partial charge is 0.220 e. The molecule has 0 amide bonds. The zero-order chi connectivity index (χ0) is 18.9. The number of hydrogen-bond donors (Lipinski definition) is 0. The maximum atomic E-state index is 5.99. The van der Waals surface area contributed by atoms with E-state index in [1.54, 1.807) is 0 Å². The SMILES string of the molecule is Clc1ccc(-c2nc3c(-c4ccc(-c5ccccc5)cc4)cccn3n2)cc1. The van der Waals surface area contributed by atoms with E-state index in [1.807, 2.05) is 47.1 Å². The Morgan fingerprint density at radius 2 is 1.25 bits per heavy atom. The highest BCUT2D eigenvalue weighted by Crippen LogP contribution is 2.28. The number of benzene rings is 3. The smallest absolute Gasteiger partial charge is 0.182 e. The minimum Gasteiger partial charge on any atom is -0.220 e. The van der Waals surface area contributed by atoms with Crippen LogP contribution in [-0.4, -0.2) is 14.6 Å². The van der Waals surface area contributed by atoms with Gasteiger partial charge in [-0.15, -0.1) is 5.10 Å². The van der Waals surface area contributed by atoms with Gasteiger partial charge in [0.1, 0.15) is 0 Å². The molecule has 5 rings (SSSR count). The lowest BCUT2D eigenvalue weighted by Crippen LogP contribution is -1.89. The molecule has 3 nitrogen and oxygen atoms in total. The molecule has 0 fully saturated rings. The molecule has 0 unspecified atom stereocenters. The van der Waals surface area contributed by atoms with Gasteiger partial charge in [-0.3, -0.25) is 0 Å². The van der Waals surface area contributed by atoms with Crippen LogP contribution in [0.3, 0.4) is 0 Å². The summed E-state index contributed by atoms with van der Waals surface area (Å²) in [6.45, 7) is 0. The molecule has 3 aromatic carbocycles. The van der Waals surface area contributed by atoms with Crippen LogP contribution in [-0.2, 0) is 0 Å². The van der Waals surface area contributed by atoms with Crippen molar-refractivity contribution >= 4 is 17.2 Å². The molecule has 4 heteroatoms. The maximum Gasteiger partial charge on any atom is 0.182 e. The fourth-order valence-corrected chi connectivity index (χ4v) is 3.45. The summed E-state index contributed by atoms with van der Waals surface area (Å²) in [6.07, 6.45) is 1.92. The van der Waals surface area contributed by atoms with Crippen molar-refractivity contribution in [2.24, 2.45) is 0 Å². The third kappa shape index (κ3) is 3.06. The lowest BCUT2D eigenvalue weighted by Gasteiger charge is -2.05. The van der Waals surface area contributed by atoms with Crippen LogP contribution in [0.4, 0.5) is 0 Å². The van der Waals surface area contributed by atoms with Gasteiger partial charge in [0.05, 0.1) is 0 Å². The topological polar surface area (TPSA) is 30.2 Å². The molecule has 0 radical (unpaired) electrons. The highest BCUT2D eigenvalue weighted by molar-refractivity contribution is 6.30. The van der Waals surface area contributed by atoms with E-state index >= 15 is 0 Å². The van der Waals surface area contributed by atoms with Gasteiger partial charge in [0, 0.05) is 22.3 Å². The molecule has 134 valence electrons. The van der Waals surface area contributed by atoms with E-state index in [2.05, 4.69) is 59.7 Å². The summed E-state index contributed by atoms with van der Waals surface area (Å²) in [5, 5.41) is 5.33. The molecule has 0 aliphatic carbocycles. The van der Waals surface area contributed by atoms with Crippen molar-refractivity contribution in [2.75, 3.05) is 0 Å². The molecule has 28 heavy (non-hydrogen) atoms. The first-order valence-electron chi connectivity index (χ1n) is 9.05. The highest BCUT2D eigenvalue weighted by Gasteiger charge is 2.11. The summed E-state index contributed by atoms with van der Waals surface area (Å²) < 4.78 is 1.82. The fraction of sp³-hybridized carbons (Fsp3) is 0. The number of aromatic nitrogens is 3. The molecule has 0 atom stereocenters. The van der Waals surface area contributed by atoms with Crippen molar-refractivity contribution in [2.45, 2.75) is 0 Å². The van der Waals surface area contributed by atoms with Gasteiger partial charge in [-0.2, -0.15) is 0 Å². The predicted octanol–water partition coefficient (Wildman–Crippen LogP) is 6.38. The number of pyridine rings is 1. The van der Waals surface area contributed by atoms with Crippen LogP contribution < -0.4 is 0 Å². The van der Waals surface area contributed by atoms with E-state index in [-0.39, 0.29) is 0 Å². The van der Waals surface area contributed by atoms with E-state index < -0.39 is 0 Å². The highest BCUT2D eigenvalue weighted by atomic mass is 35.5. The quantitative estimate of drug-likeness (QED) is 0.362. The van der Waals surface area contributed by atoms with Crippen molar-refractivity contribution in [3.63, 3.8) is 0 Å². The molecule has 2 aromatic heterocycles. The van der Waals surface area contributed by atoms with Crippen molar-refractivity contribution < 1.29 is 0 Å². The van der Waals surface area contributed by atoms with E-state index in [0.717, 1.165) is 22.3 Å². The van der Waals surface area contributed by atoms with Gasteiger partial charge in [-0.1, -0.05) is 66.2 Å². The van der Waals surface area contributed by atoms with Gasteiger partial charge in [0.2, 0.25) is 0 Å². The Balaban J connectivity index is 1.56. The second-order valence-electron chi connectivity index (χ2n) is 6.58. The molecule has 0 aliphatic heterocycles. The van der Waals surface area contributed by atoms with Gasteiger partial charge in [-0.25, -0.2) is 9.50 Å². The Hall–Kier alpha value is -3.43. The Morgan fingerprint density at radius 3 is 2.00 bits per heavy atom. The van der Waals surface area contributed by atoms with Gasteiger partial charge >= 0.3 is 0 Å². The predicted molar refractivity (Wildman–Crippen MR) is 114 cm³/mol. The minimum atomic E-state index is 0.685. The van der Waals surface area contributed by atoms with Gasteiger partial charge < -0.3 is 0 Å². The summed E-state index contributed by atoms with van der Waals surface area (Å²) in [4.78, 5) is 4.78. The molecule has 0 N–H and O–H groups in total. The lowest BCUT2D eigenvalue weighted by molar-refractivity contribution is 0.967. The first kappa shape index (κ1) is 16.7. The third-order valence-corrected chi connectivity index (χ3v) is 5.02. The molecule has 5 aromatic rings. The zero-order valence-electron chi connectivity index (χ0n) is 15.0. The van der Waals surface area contributed by atoms with E-state index in [9.17, 15) is 0 Å². The van der Waals surface area contributed by atoms with E-state index in [0.29, 0.717) is 10.8 Å². The monoisotopic (exact) mass is 381 g/mol. The van der Waals surface area contributed by atoms with Crippen molar-refractivity contribution in [3.8, 4) is 33.6 Å². The zero-order valence-corrected chi connectivity index (χ0v) is 15.7. The van der Waals surface area contributed by atoms with Crippen LogP contribution in [0.15, 0.2) is 97.2 Å². The Morgan fingerprint density at radius 1 is 0.607 bits per heavy atom. The second-order valence-corrected chi connectivity index (χ2v) is 7.01. The second kappa shape index (κ2) is 6.95. The molecule has 2 heterocycles. The molecular formula is C24H16ClN3. The fourth-order valence-electron chi connectivity index (χ4n) is 3.33. The summed E-state index contributed by atoms with van der Waals surface area (Å²) >= 11 is 5.99. The van der Waals surface area contributed by atoms with Crippen LogP contribution in [0.1, 0.15) is 0 Å². The summed E-state index contributed by atoms with van der Waals surface area (Å²) in [6, 6.07) is 30.6. The lowest BCUT2D eigenvalue weighted by atomic mass is 10.0. The standard InChI is InChI=1S/C24H16ClN3/c25-21-14-12-20(13-15-21)23-26-24-22(7-4-16-28(24)27-23)19-10-8-18(9-11-19)17-5-2-1-3-6-17/h1-16H. The summed E-state index contributed by atoms with van der Waals surface area (Å²) in [7, 11) is 0. The minimum absolute atomic E-state index is 0.685. The van der Waals surface area contributed by atoms with Crippen molar-refractivity contribution in [1.29, 1.82) is 0 Å². The molecule has 0 saturated heterocycles. The van der Waals surface area contributed by atoms with Crippen LogP contribution in [0, 0.1) is 0 Å². The van der Waals surface area contributed by atoms with Crippen molar-refractivity contribution in [1.82, 2.24) is 14.6 Å². The van der Waals surface area contributed by atoms with Gasteiger partial charge in [0.25, 0.3) is 0 Å². The van der Waals surface area contributed by atoms with Crippen molar-refractivity contribution in [3.05, 3.63) is 102 Å². The molecular weight excluding hydrogens is 366 g/mol. The first-order valence-corrected chi connectivity index (χ1v) is 9.43. The number of nitrogens with zero attached hydrogens (tertiary/aromatic N) is 3. The number of fused-ring (bicyclic) bond motifs is 1. The van der Waals surface area contributed by atoms with Gasteiger partial charge in [0.15, 0.2) is 11.5 Å². The maximum absolute atomic E-state index is 5.99. The normalized spacial score (nSPS) is 11.0. The Labute approximate surface area is 167 Å². The summed E-state index contributed by atoms with van der Waals surface area (Å²) in [5.41, 5.74) is 6.34. The molecule has 0 spiro atoms. The average Bonchev–Trinajstić information content (AvgIpc) is 3.19. The van der Waals surface area contributed by atoms with Crippen LogP contribution in [0.5, 0.6) is 0 Å². The molecule has 0 saturated carbocycles. The first-order chi connectivity index (χ1) is 13.8. The van der Waals surface area contributed by atoms with Crippen LogP contribution in [0.2, 0.25) is 5.02 Å². The summed E-state index contributed by atoms with van der Waals surface area (Å²) in [5.74, 6) is 0.685. The Bertz CT molecular complexity index is 1240. The van der Waals surface area contributed by atoms with Gasteiger partial charge in [-0.05, 0) is 53.1 Å². The van der Waals surface area contributed by atoms with Crippen LogP contribution in [0.25, 0.3) is 39.3 Å². The Kier molecular flexibility index (Phi) is 4.15. The third-order valence-electron chi connectivity index (χ3n) is 4.77. The van der Waals surface area contributed by atoms with Crippen LogP contribution >= 0.6 is 11.6 Å². The molecule has 0 bridgehead atoms. The number of rotatable bonds is 3. The number of halogens is 1.